The molecule has 1 radical (unpaired) electrons. The van der Waals surface area contributed by atoms with E-state index in [-0.39, 0.29) is 32.7 Å². The number of nitrogens with zero attached hydrogens (tertiary/aromatic N) is 1. The Morgan fingerprint density at radius 2 is 2.33 bits per heavy atom. The van der Waals surface area contributed by atoms with E-state index in [1.807, 2.05) is 19.1 Å². The van der Waals surface area contributed by atoms with Gasteiger partial charge in [-0.15, -0.1) is 6.07 Å². The van der Waals surface area contributed by atoms with Crippen LogP contribution < -0.4 is 5.73 Å². The minimum atomic E-state index is 0. The molecule has 1 aromatic heterocycles. The van der Waals surface area contributed by atoms with Crippen molar-refractivity contribution in [3.8, 4) is 0 Å². The molecule has 2 aromatic rings. The Morgan fingerprint density at radius 1 is 1.58 bits per heavy atom. The minimum absolute atomic E-state index is 0. The molecule has 12 heavy (non-hydrogen) atoms. The van der Waals surface area contributed by atoms with Crippen molar-refractivity contribution in [1.82, 2.24) is 4.98 Å². The van der Waals surface area contributed by atoms with Crippen molar-refractivity contribution in [1.29, 1.82) is 0 Å². The fourth-order valence-corrected chi connectivity index (χ4v) is 1.69. The van der Waals surface area contributed by atoms with Crippen LogP contribution in [0.1, 0.15) is 5.56 Å². The first-order chi connectivity index (χ1) is 5.25. The van der Waals surface area contributed by atoms with Gasteiger partial charge in [0.25, 0.3) is 0 Å². The molecule has 0 amide bonds. The van der Waals surface area contributed by atoms with Crippen LogP contribution in [0.4, 0.5) is 5.13 Å². The molecule has 0 unspecified atom stereocenters. The monoisotopic (exact) mass is 252 g/mol. The van der Waals surface area contributed by atoms with E-state index < -0.39 is 0 Å². The Morgan fingerprint density at radius 3 is 3.08 bits per heavy atom. The van der Waals surface area contributed by atoms with Crippen LogP contribution in [-0.4, -0.2) is 4.98 Å². The first kappa shape index (κ1) is 10.1. The maximum absolute atomic E-state index is 5.53. The molecule has 0 bridgehead atoms. The number of thiazole rings is 1. The van der Waals surface area contributed by atoms with Crippen LogP contribution in [0.2, 0.25) is 0 Å². The average Bonchev–Trinajstić information content (AvgIpc) is 2.27. The maximum Gasteiger partial charge on any atom is 0.166 e. The first-order valence-corrected chi connectivity index (χ1v) is 4.12. The number of nitrogens with two attached hydrogens (primary N) is 1. The number of benzene rings is 1. The molecule has 0 aliphatic rings. The Labute approximate surface area is 100 Å². The summed E-state index contributed by atoms with van der Waals surface area (Å²) in [5.74, 6) is 0. The minimum Gasteiger partial charge on any atom is -0.376 e. The Kier molecular flexibility index (Phi) is 3.21. The van der Waals surface area contributed by atoms with Gasteiger partial charge in [-0.1, -0.05) is 11.6 Å². The van der Waals surface area contributed by atoms with Gasteiger partial charge in [-0.2, -0.15) is 29.0 Å². The van der Waals surface area contributed by atoms with Crippen LogP contribution >= 0.6 is 11.3 Å². The fourth-order valence-electron chi connectivity index (χ4n) is 0.995. The largest absolute Gasteiger partial charge is 0.376 e. The summed E-state index contributed by atoms with van der Waals surface area (Å²) in [5, 5.41) is 0.624. The van der Waals surface area contributed by atoms with Gasteiger partial charge in [0.1, 0.15) is 0 Å². The zero-order valence-corrected chi connectivity index (χ0v) is 10.3. The molecule has 59 valence electrons. The van der Waals surface area contributed by atoms with E-state index in [2.05, 4.69) is 11.1 Å². The van der Waals surface area contributed by atoms with Crippen molar-refractivity contribution in [2.45, 2.75) is 6.92 Å². The summed E-state index contributed by atoms with van der Waals surface area (Å²) in [5.41, 5.74) is 7.61. The molecule has 2 nitrogen and oxygen atoms in total. The van der Waals surface area contributed by atoms with E-state index >= 15 is 0 Å². The smallest absolute Gasteiger partial charge is 0.166 e. The van der Waals surface area contributed by atoms with E-state index in [0.29, 0.717) is 5.13 Å². The van der Waals surface area contributed by atoms with Gasteiger partial charge in [-0.3, -0.25) is 0 Å². The summed E-state index contributed by atoms with van der Waals surface area (Å²) in [7, 11) is 0. The number of aryl methyl sites for hydroxylation is 1. The fraction of sp³-hybridized carbons (Fsp3) is 0.125. The topological polar surface area (TPSA) is 38.9 Å². The Balaban J connectivity index is 0.000000720. The van der Waals surface area contributed by atoms with Crippen molar-refractivity contribution in [2.75, 3.05) is 5.73 Å². The number of fused-ring (bicyclic) bond motifs is 1. The van der Waals surface area contributed by atoms with Gasteiger partial charge in [0.2, 0.25) is 0 Å². The molecule has 0 aliphatic carbocycles. The number of hydrogen-bond donors (Lipinski definition) is 1. The SMILES string of the molecule is Cc1[c-]cc2sc(N)nc2c1.[Y]. The van der Waals surface area contributed by atoms with Crippen molar-refractivity contribution in [2.24, 2.45) is 0 Å². The van der Waals surface area contributed by atoms with Crippen LogP contribution in [0.25, 0.3) is 10.2 Å². The predicted octanol–water partition coefficient (Wildman–Crippen LogP) is 1.98. The van der Waals surface area contributed by atoms with Crippen molar-refractivity contribution in [3.05, 3.63) is 23.8 Å². The van der Waals surface area contributed by atoms with Crippen molar-refractivity contribution >= 4 is 26.7 Å². The molecule has 0 saturated carbocycles. The summed E-state index contributed by atoms with van der Waals surface area (Å²) in [6.07, 6.45) is 0. The standard InChI is InChI=1S/C8H7N2S.Y/c1-5-2-3-7-6(4-5)10-8(9)11-7;/h3-4H,1H3,(H2,9,10);/q-1;. The molecule has 0 atom stereocenters. The third-order valence-electron chi connectivity index (χ3n) is 1.48. The molecule has 2 rings (SSSR count). The molecule has 1 aromatic carbocycles. The summed E-state index contributed by atoms with van der Waals surface area (Å²) >= 11 is 1.50. The van der Waals surface area contributed by atoms with Gasteiger partial charge < -0.3 is 5.73 Å². The van der Waals surface area contributed by atoms with Crippen LogP contribution in [0.3, 0.4) is 0 Å². The number of aromatic nitrogens is 1. The van der Waals surface area contributed by atoms with E-state index in [4.69, 9.17) is 5.73 Å². The van der Waals surface area contributed by atoms with Gasteiger partial charge in [-0.05, 0) is 5.52 Å². The van der Waals surface area contributed by atoms with Crippen LogP contribution in [0, 0.1) is 13.0 Å². The van der Waals surface area contributed by atoms with Crippen molar-refractivity contribution in [3.63, 3.8) is 0 Å². The Bertz CT molecular complexity index is 397. The first-order valence-electron chi connectivity index (χ1n) is 3.30. The van der Waals surface area contributed by atoms with E-state index in [1.165, 1.54) is 11.3 Å². The van der Waals surface area contributed by atoms with Crippen molar-refractivity contribution < 1.29 is 32.7 Å². The van der Waals surface area contributed by atoms with E-state index in [9.17, 15) is 0 Å². The average molecular weight is 252 g/mol. The van der Waals surface area contributed by atoms with Gasteiger partial charge in [0, 0.05) is 32.7 Å². The molecule has 0 fully saturated rings. The number of anilines is 1. The molecule has 0 saturated heterocycles. The number of rotatable bonds is 0. The molecule has 4 heteroatoms. The molecule has 1 heterocycles. The van der Waals surface area contributed by atoms with Gasteiger partial charge in [-0.25, -0.2) is 4.98 Å². The van der Waals surface area contributed by atoms with Crippen LogP contribution in [-0.2, 0) is 32.7 Å². The molecular weight excluding hydrogens is 245 g/mol. The number of nitrogen functional groups attached to an aromatic ring is 1. The van der Waals surface area contributed by atoms with Gasteiger partial charge in [0.15, 0.2) is 5.13 Å². The van der Waals surface area contributed by atoms with Crippen LogP contribution in [0.5, 0.6) is 0 Å². The zero-order valence-electron chi connectivity index (χ0n) is 6.66. The quantitative estimate of drug-likeness (QED) is 0.728. The second-order valence-corrected chi connectivity index (χ2v) is 3.48. The third-order valence-corrected chi connectivity index (χ3v) is 2.33. The maximum atomic E-state index is 5.53. The second-order valence-electron chi connectivity index (χ2n) is 2.42. The van der Waals surface area contributed by atoms with Gasteiger partial charge in [0.05, 0.1) is 0 Å². The molecule has 0 spiro atoms. The molecule has 0 aliphatic heterocycles. The molecule has 2 N–H and O–H groups in total. The third kappa shape index (κ3) is 1.84. The summed E-state index contributed by atoms with van der Waals surface area (Å²) in [6, 6.07) is 7.02. The summed E-state index contributed by atoms with van der Waals surface area (Å²) in [6.45, 7) is 2.00. The molecular formula is C8H7N2SY-. The second kappa shape index (κ2) is 3.82. The predicted molar refractivity (Wildman–Crippen MR) is 47.6 cm³/mol. The normalized spacial score (nSPS) is 9.75. The van der Waals surface area contributed by atoms with Crippen LogP contribution in [0.15, 0.2) is 12.1 Å². The number of hydrogen-bond acceptors (Lipinski definition) is 3. The Hall–Kier alpha value is 0.0139. The van der Waals surface area contributed by atoms with Gasteiger partial charge >= 0.3 is 0 Å². The summed E-state index contributed by atoms with van der Waals surface area (Å²) in [4.78, 5) is 4.15. The van der Waals surface area contributed by atoms with E-state index in [1.54, 1.807) is 0 Å². The van der Waals surface area contributed by atoms with E-state index in [0.717, 1.165) is 15.8 Å². The summed E-state index contributed by atoms with van der Waals surface area (Å²) < 4.78 is 1.10. The zero-order chi connectivity index (χ0) is 7.84.